The molecular weight excluding hydrogens is 338 g/mol. The molecule has 0 fully saturated rings. The Morgan fingerprint density at radius 3 is 2.52 bits per heavy atom. The number of furan rings is 1. The van der Waals surface area contributed by atoms with Crippen molar-refractivity contribution < 1.29 is 18.7 Å². The number of carbonyl (C=O) groups excluding carboxylic acids is 1. The van der Waals surface area contributed by atoms with Crippen LogP contribution in [0.4, 0.5) is 0 Å². The molecule has 0 aliphatic carbocycles. The fourth-order valence-electron chi connectivity index (χ4n) is 1.94. The number of Topliss-reactive ketones (excluding diaryl/α,β-unsaturated/α-hetero) is 1. The second kappa shape index (κ2) is 6.46. The Morgan fingerprint density at radius 1 is 1.29 bits per heavy atom. The first-order valence-corrected chi connectivity index (χ1v) is 6.80. The van der Waals surface area contributed by atoms with Crippen LogP contribution in [0.5, 0.6) is 11.5 Å². The van der Waals surface area contributed by atoms with Crippen LogP contribution >= 0.6 is 15.9 Å². The summed E-state index contributed by atoms with van der Waals surface area (Å²) in [6.07, 6.45) is 1.39. The molecule has 1 aromatic heterocycles. The number of nitriles is 1. The van der Waals surface area contributed by atoms with Gasteiger partial charge in [-0.3, -0.25) is 4.79 Å². The van der Waals surface area contributed by atoms with Gasteiger partial charge >= 0.3 is 0 Å². The predicted octanol–water partition coefficient (Wildman–Crippen LogP) is 3.55. The Balaban J connectivity index is 2.41. The minimum Gasteiger partial charge on any atom is -0.493 e. The van der Waals surface area contributed by atoms with Crippen LogP contribution in [-0.2, 0) is 0 Å². The van der Waals surface area contributed by atoms with Crippen molar-refractivity contribution >= 4 is 21.7 Å². The number of ether oxygens (including phenoxy) is 2. The van der Waals surface area contributed by atoms with E-state index in [9.17, 15) is 10.1 Å². The number of hydrogen-bond acceptors (Lipinski definition) is 5. The molecular formula is C15H12BrNO4. The lowest BCUT2D eigenvalue weighted by molar-refractivity contribution is 0.0977. The summed E-state index contributed by atoms with van der Waals surface area (Å²) in [4.78, 5) is 12.4. The maximum atomic E-state index is 12.4. The highest BCUT2D eigenvalue weighted by Gasteiger charge is 2.26. The number of nitrogens with zero attached hydrogens (tertiary/aromatic N) is 1. The number of ketones is 1. The van der Waals surface area contributed by atoms with E-state index in [1.54, 1.807) is 18.2 Å². The van der Waals surface area contributed by atoms with Crippen molar-refractivity contribution in [2.75, 3.05) is 14.2 Å². The van der Waals surface area contributed by atoms with Gasteiger partial charge in [-0.2, -0.15) is 5.26 Å². The molecule has 2 rings (SSSR count). The minimum absolute atomic E-state index is 0.313. The molecule has 1 aromatic carbocycles. The van der Waals surface area contributed by atoms with Gasteiger partial charge < -0.3 is 13.9 Å². The molecule has 1 heterocycles. The van der Waals surface area contributed by atoms with Gasteiger partial charge in [0.15, 0.2) is 22.0 Å². The van der Waals surface area contributed by atoms with Crippen LogP contribution in [0.1, 0.15) is 21.8 Å². The van der Waals surface area contributed by atoms with Crippen LogP contribution in [0.2, 0.25) is 0 Å². The van der Waals surface area contributed by atoms with E-state index in [2.05, 4.69) is 15.9 Å². The first kappa shape index (κ1) is 15.1. The van der Waals surface area contributed by atoms with E-state index in [-0.39, 0.29) is 5.78 Å². The molecule has 108 valence electrons. The molecule has 0 saturated carbocycles. The summed E-state index contributed by atoms with van der Waals surface area (Å²) >= 11 is 3.15. The van der Waals surface area contributed by atoms with Gasteiger partial charge in [0.2, 0.25) is 0 Å². The van der Waals surface area contributed by atoms with Crippen molar-refractivity contribution in [2.24, 2.45) is 0 Å². The average molecular weight is 350 g/mol. The monoisotopic (exact) mass is 349 g/mol. The number of carbonyl (C=O) groups is 1. The van der Waals surface area contributed by atoms with E-state index in [1.807, 2.05) is 6.07 Å². The Kier molecular flexibility index (Phi) is 4.66. The highest BCUT2D eigenvalue weighted by atomic mass is 79.9. The van der Waals surface area contributed by atoms with Gasteiger partial charge in [-0.25, -0.2) is 0 Å². The molecule has 21 heavy (non-hydrogen) atoms. The molecule has 0 amide bonds. The summed E-state index contributed by atoms with van der Waals surface area (Å²) in [6.45, 7) is 0. The highest BCUT2D eigenvalue weighted by Crippen LogP contribution is 2.32. The summed E-state index contributed by atoms with van der Waals surface area (Å²) in [5, 5.41) is 9.34. The van der Waals surface area contributed by atoms with Crippen LogP contribution in [0.3, 0.4) is 0 Å². The number of hydrogen-bond donors (Lipinski definition) is 0. The quantitative estimate of drug-likeness (QED) is 0.771. The standard InChI is InChI=1S/C15H12BrNO4/c1-19-12-4-3-9(7-13(12)20-2)11(8-17)14(18)10-5-6-21-15(10)16/h3-7,11H,1-2H3. The van der Waals surface area contributed by atoms with Gasteiger partial charge in [-0.05, 0) is 39.7 Å². The Labute approximate surface area is 130 Å². The van der Waals surface area contributed by atoms with Gasteiger partial charge in [-0.15, -0.1) is 0 Å². The smallest absolute Gasteiger partial charge is 0.188 e. The second-order valence-electron chi connectivity index (χ2n) is 4.15. The fraction of sp³-hybridized carbons (Fsp3) is 0.200. The van der Waals surface area contributed by atoms with Crippen LogP contribution in [0.25, 0.3) is 0 Å². The number of methoxy groups -OCH3 is 2. The third-order valence-electron chi connectivity index (χ3n) is 3.02. The normalized spacial score (nSPS) is 11.5. The molecule has 1 unspecified atom stereocenters. The van der Waals surface area contributed by atoms with E-state index in [1.165, 1.54) is 26.5 Å². The molecule has 0 radical (unpaired) electrons. The van der Waals surface area contributed by atoms with Crippen molar-refractivity contribution in [1.82, 2.24) is 0 Å². The lowest BCUT2D eigenvalue weighted by atomic mass is 9.93. The molecule has 6 heteroatoms. The van der Waals surface area contributed by atoms with Crippen molar-refractivity contribution in [3.8, 4) is 17.6 Å². The predicted molar refractivity (Wildman–Crippen MR) is 78.6 cm³/mol. The molecule has 0 bridgehead atoms. The van der Waals surface area contributed by atoms with E-state index in [0.29, 0.717) is 27.3 Å². The first-order chi connectivity index (χ1) is 10.1. The Hall–Kier alpha value is -2.26. The molecule has 0 saturated heterocycles. The number of halogens is 1. The van der Waals surface area contributed by atoms with Crippen LogP contribution in [-0.4, -0.2) is 20.0 Å². The zero-order valence-corrected chi connectivity index (χ0v) is 13.0. The fourth-order valence-corrected chi connectivity index (χ4v) is 2.38. The zero-order chi connectivity index (χ0) is 15.4. The summed E-state index contributed by atoms with van der Waals surface area (Å²) < 4.78 is 15.7. The van der Waals surface area contributed by atoms with Gasteiger partial charge in [0.1, 0.15) is 5.92 Å². The van der Waals surface area contributed by atoms with Gasteiger partial charge in [-0.1, -0.05) is 6.07 Å². The van der Waals surface area contributed by atoms with E-state index in [4.69, 9.17) is 13.9 Å². The van der Waals surface area contributed by atoms with E-state index >= 15 is 0 Å². The first-order valence-electron chi connectivity index (χ1n) is 6.01. The third kappa shape index (κ3) is 2.93. The Morgan fingerprint density at radius 2 is 2.00 bits per heavy atom. The molecule has 0 spiro atoms. The third-order valence-corrected chi connectivity index (χ3v) is 3.63. The zero-order valence-electron chi connectivity index (χ0n) is 11.4. The lowest BCUT2D eigenvalue weighted by Crippen LogP contribution is -2.11. The Bertz CT molecular complexity index is 702. The topological polar surface area (TPSA) is 72.5 Å². The molecule has 0 N–H and O–H groups in total. The molecule has 2 aromatic rings. The van der Waals surface area contributed by atoms with Gasteiger partial charge in [0.25, 0.3) is 0 Å². The molecule has 0 aliphatic rings. The molecule has 1 atom stereocenters. The van der Waals surface area contributed by atoms with Gasteiger partial charge in [0.05, 0.1) is 32.1 Å². The van der Waals surface area contributed by atoms with E-state index in [0.717, 1.165) is 0 Å². The summed E-state index contributed by atoms with van der Waals surface area (Å²) in [7, 11) is 3.02. The molecule has 5 nitrogen and oxygen atoms in total. The second-order valence-corrected chi connectivity index (χ2v) is 4.87. The number of rotatable bonds is 5. The number of benzene rings is 1. The summed E-state index contributed by atoms with van der Waals surface area (Å²) in [5.74, 6) is -0.284. The lowest BCUT2D eigenvalue weighted by Gasteiger charge is -2.12. The van der Waals surface area contributed by atoms with Gasteiger partial charge in [0, 0.05) is 0 Å². The van der Waals surface area contributed by atoms with Crippen molar-refractivity contribution in [1.29, 1.82) is 5.26 Å². The van der Waals surface area contributed by atoms with Crippen LogP contribution < -0.4 is 9.47 Å². The minimum atomic E-state index is -0.946. The summed E-state index contributed by atoms with van der Waals surface area (Å²) in [5.41, 5.74) is 0.865. The van der Waals surface area contributed by atoms with Crippen molar-refractivity contribution in [3.05, 3.63) is 46.3 Å². The van der Waals surface area contributed by atoms with Crippen molar-refractivity contribution in [2.45, 2.75) is 5.92 Å². The van der Waals surface area contributed by atoms with Crippen molar-refractivity contribution in [3.63, 3.8) is 0 Å². The SMILES string of the molecule is COc1ccc(C(C#N)C(=O)c2ccoc2Br)cc1OC. The van der Waals surface area contributed by atoms with E-state index < -0.39 is 5.92 Å². The largest absolute Gasteiger partial charge is 0.493 e. The summed E-state index contributed by atoms with van der Waals surface area (Å²) in [6, 6.07) is 8.49. The van der Waals surface area contributed by atoms with Crippen LogP contribution in [0.15, 0.2) is 39.6 Å². The molecule has 0 aliphatic heterocycles. The maximum absolute atomic E-state index is 12.4. The average Bonchev–Trinajstić information content (AvgIpc) is 2.93. The maximum Gasteiger partial charge on any atom is 0.188 e. The highest BCUT2D eigenvalue weighted by molar-refractivity contribution is 9.10. The van der Waals surface area contributed by atoms with Crippen LogP contribution in [0, 0.1) is 11.3 Å².